The van der Waals surface area contributed by atoms with Crippen LogP contribution in [0.2, 0.25) is 0 Å². The third-order valence-corrected chi connectivity index (χ3v) is 5.09. The second-order valence-corrected chi connectivity index (χ2v) is 8.51. The molecule has 9 nitrogen and oxygen atoms in total. The molecule has 25 heavy (non-hydrogen) atoms. The van der Waals surface area contributed by atoms with Crippen LogP contribution < -0.4 is 15.4 Å². The number of carbonyl (C=O) groups excluding carboxylic acids is 1. The zero-order valence-electron chi connectivity index (χ0n) is 13.2. The maximum absolute atomic E-state index is 10.9. The SMILES string of the molecule is CC(=O)Nc1cc([As](=O)(O)O)ccc1O.Nc1ccc2[nH]ncc2c1. The summed E-state index contributed by atoms with van der Waals surface area (Å²) in [6.07, 6.45) is 1.76. The van der Waals surface area contributed by atoms with Crippen molar-refractivity contribution >= 4 is 46.7 Å². The maximum Gasteiger partial charge on any atom is 0.0651 e. The maximum atomic E-state index is 10.9. The van der Waals surface area contributed by atoms with Gasteiger partial charge in [0.1, 0.15) is 0 Å². The van der Waals surface area contributed by atoms with Crippen LogP contribution in [0.15, 0.2) is 42.6 Å². The van der Waals surface area contributed by atoms with Gasteiger partial charge < -0.3 is 5.73 Å². The number of nitrogens with one attached hydrogen (secondary N) is 2. The Hall–Kier alpha value is -2.74. The van der Waals surface area contributed by atoms with Gasteiger partial charge in [-0.2, -0.15) is 5.10 Å². The first-order valence-electron chi connectivity index (χ1n) is 7.02. The Bertz CT molecular complexity index is 950. The fourth-order valence-corrected chi connectivity index (χ4v) is 3.14. The molecule has 10 heteroatoms. The van der Waals surface area contributed by atoms with Crippen LogP contribution in [0, 0.1) is 0 Å². The van der Waals surface area contributed by atoms with Crippen LogP contribution >= 0.6 is 0 Å². The zero-order valence-corrected chi connectivity index (χ0v) is 15.0. The molecule has 3 rings (SSSR count). The van der Waals surface area contributed by atoms with Crippen molar-refractivity contribution in [1.29, 1.82) is 0 Å². The number of amides is 1. The summed E-state index contributed by atoms with van der Waals surface area (Å²) in [6.45, 7) is 1.23. The number of fused-ring (bicyclic) bond motifs is 1. The Labute approximate surface area is 145 Å². The summed E-state index contributed by atoms with van der Waals surface area (Å²) in [5, 5.41) is 19.3. The van der Waals surface area contributed by atoms with Crippen LogP contribution in [0.5, 0.6) is 5.75 Å². The summed E-state index contributed by atoms with van der Waals surface area (Å²) >= 11 is -4.98. The second kappa shape index (κ2) is 7.43. The molecule has 0 fully saturated rings. The molecule has 3 aromatic rings. The molecule has 0 saturated carbocycles. The van der Waals surface area contributed by atoms with Gasteiger partial charge in [-0.3, -0.25) is 5.10 Å². The standard InChI is InChI=1S/C8H10AsNO5.C7H7N3/c1-5(11)10-7-4-6(9(13,14)15)2-3-8(7)12;8-6-1-2-7-5(3-6)4-9-10-7/h2-4,12H,1H3,(H,10,11)(H2,13,14,15);1-4H,8H2,(H,9,10). The van der Waals surface area contributed by atoms with E-state index in [0.29, 0.717) is 0 Å². The Morgan fingerprint density at radius 2 is 1.96 bits per heavy atom. The quantitative estimate of drug-likeness (QED) is 0.198. The molecule has 0 unspecified atom stereocenters. The van der Waals surface area contributed by atoms with E-state index in [0.717, 1.165) is 34.8 Å². The molecule has 0 saturated heterocycles. The molecular formula is C15H17AsN4O5. The van der Waals surface area contributed by atoms with Crippen LogP contribution in [0.1, 0.15) is 6.92 Å². The van der Waals surface area contributed by atoms with Gasteiger partial charge in [0.2, 0.25) is 0 Å². The van der Waals surface area contributed by atoms with Crippen molar-refractivity contribution in [3.05, 3.63) is 42.6 Å². The average Bonchev–Trinajstić information content (AvgIpc) is 2.96. The molecular weight excluding hydrogens is 391 g/mol. The summed E-state index contributed by atoms with van der Waals surface area (Å²) in [6, 6.07) is 8.97. The molecule has 0 radical (unpaired) electrons. The number of phenols is 1. The van der Waals surface area contributed by atoms with Crippen molar-refractivity contribution in [2.24, 2.45) is 0 Å². The van der Waals surface area contributed by atoms with E-state index >= 15 is 0 Å². The first-order chi connectivity index (χ1) is 11.7. The molecule has 7 N–H and O–H groups in total. The summed E-state index contributed by atoms with van der Waals surface area (Å²) in [7, 11) is 0. The number of anilines is 2. The van der Waals surface area contributed by atoms with E-state index in [1.807, 2.05) is 18.2 Å². The minimum Gasteiger partial charge on any atom is -0.399 e. The number of hydrogen-bond donors (Lipinski definition) is 6. The summed E-state index contributed by atoms with van der Waals surface area (Å²) in [5.41, 5.74) is 7.33. The number of aromatic hydroxyl groups is 1. The smallest absolute Gasteiger partial charge is 0.0651 e. The molecule has 1 amide bonds. The fourth-order valence-electron chi connectivity index (χ4n) is 1.96. The van der Waals surface area contributed by atoms with Gasteiger partial charge >= 0.3 is 88.1 Å². The van der Waals surface area contributed by atoms with E-state index in [1.165, 1.54) is 6.92 Å². The number of hydrogen-bond acceptors (Lipinski definition) is 5. The predicted octanol–water partition coefficient (Wildman–Crippen LogP) is 0.0567. The summed E-state index contributed by atoms with van der Waals surface area (Å²) < 4.78 is 28.6. The Balaban J connectivity index is 0.000000194. The van der Waals surface area contributed by atoms with Crippen molar-refractivity contribution < 1.29 is 21.8 Å². The van der Waals surface area contributed by atoms with E-state index in [2.05, 4.69) is 15.5 Å². The first kappa shape index (κ1) is 18.6. The fraction of sp³-hybridized carbons (Fsp3) is 0.0667. The number of H-pyrrole nitrogens is 1. The molecule has 132 valence electrons. The van der Waals surface area contributed by atoms with Gasteiger partial charge in [-0.25, -0.2) is 0 Å². The van der Waals surface area contributed by atoms with Crippen molar-refractivity contribution in [1.82, 2.24) is 10.2 Å². The van der Waals surface area contributed by atoms with Crippen molar-refractivity contribution in [2.75, 3.05) is 11.1 Å². The van der Waals surface area contributed by atoms with Gasteiger partial charge in [0.05, 0.1) is 11.7 Å². The molecule has 0 aliphatic rings. The van der Waals surface area contributed by atoms with Gasteiger partial charge in [-0.15, -0.1) is 0 Å². The first-order valence-corrected chi connectivity index (χ1v) is 10.4. The third kappa shape index (κ3) is 5.12. The minimum atomic E-state index is -4.98. The Kier molecular flexibility index (Phi) is 5.53. The number of carbonyl (C=O) groups is 1. The second-order valence-electron chi connectivity index (χ2n) is 5.14. The monoisotopic (exact) mass is 408 g/mol. The molecule has 1 aromatic heterocycles. The summed E-state index contributed by atoms with van der Waals surface area (Å²) in [4.78, 5) is 10.7. The number of nitrogens with zero attached hydrogens (tertiary/aromatic N) is 1. The van der Waals surface area contributed by atoms with Crippen LogP contribution in [0.3, 0.4) is 0 Å². The Morgan fingerprint density at radius 3 is 2.60 bits per heavy atom. The van der Waals surface area contributed by atoms with E-state index < -0.39 is 20.1 Å². The number of nitrogens with two attached hydrogens (primary N) is 1. The van der Waals surface area contributed by atoms with Crippen LogP contribution in [0.25, 0.3) is 10.9 Å². The van der Waals surface area contributed by atoms with E-state index in [1.54, 1.807) is 6.20 Å². The summed E-state index contributed by atoms with van der Waals surface area (Å²) in [5.74, 6) is -0.668. The van der Waals surface area contributed by atoms with Crippen molar-refractivity contribution in [2.45, 2.75) is 6.92 Å². The van der Waals surface area contributed by atoms with Gasteiger partial charge in [0, 0.05) is 11.1 Å². The molecule has 0 bridgehead atoms. The zero-order chi connectivity index (χ0) is 18.6. The number of nitrogen functional groups attached to an aromatic ring is 1. The molecule has 0 aliphatic heterocycles. The Morgan fingerprint density at radius 1 is 1.24 bits per heavy atom. The van der Waals surface area contributed by atoms with Gasteiger partial charge in [0.15, 0.2) is 0 Å². The van der Waals surface area contributed by atoms with Crippen molar-refractivity contribution in [3.63, 3.8) is 0 Å². The number of rotatable bonds is 2. The topological polar surface area (TPSA) is 162 Å². The van der Waals surface area contributed by atoms with Gasteiger partial charge in [0.25, 0.3) is 0 Å². The van der Waals surface area contributed by atoms with Gasteiger partial charge in [-0.1, -0.05) is 0 Å². The molecule has 0 aliphatic carbocycles. The number of benzene rings is 2. The molecule has 0 atom stereocenters. The molecule has 0 spiro atoms. The minimum absolute atomic E-state index is 0.00951. The van der Waals surface area contributed by atoms with E-state index in [4.69, 9.17) is 13.9 Å². The normalized spacial score (nSPS) is 10.8. The van der Waals surface area contributed by atoms with Gasteiger partial charge in [-0.05, 0) is 18.2 Å². The van der Waals surface area contributed by atoms with E-state index in [-0.39, 0.29) is 15.8 Å². The number of phenolic OH excluding ortho intramolecular Hbond substituents is 1. The van der Waals surface area contributed by atoms with Crippen LogP contribution in [-0.4, -0.2) is 43.6 Å². The largest absolute Gasteiger partial charge is 0.399 e. The van der Waals surface area contributed by atoms with Crippen LogP contribution in [-0.2, 0) is 8.53 Å². The molecule has 1 heterocycles. The average molecular weight is 408 g/mol. The molecule has 2 aromatic carbocycles. The number of aromatic nitrogens is 2. The van der Waals surface area contributed by atoms with Crippen molar-refractivity contribution in [3.8, 4) is 5.75 Å². The third-order valence-electron chi connectivity index (χ3n) is 3.09. The number of aromatic amines is 1. The van der Waals surface area contributed by atoms with E-state index in [9.17, 15) is 13.6 Å². The predicted molar refractivity (Wildman–Crippen MR) is 93.4 cm³/mol. The van der Waals surface area contributed by atoms with Crippen LogP contribution in [0.4, 0.5) is 11.4 Å².